The summed E-state index contributed by atoms with van der Waals surface area (Å²) in [5.41, 5.74) is 2.52. The molecular formula is C16H10ClNO2. The molecule has 3 rings (SSSR count). The number of benzene rings is 2. The Morgan fingerprint density at radius 3 is 2.65 bits per heavy atom. The van der Waals surface area contributed by atoms with Crippen LogP contribution >= 0.6 is 11.6 Å². The summed E-state index contributed by atoms with van der Waals surface area (Å²) >= 11 is 6.22. The predicted molar refractivity (Wildman–Crippen MR) is 79.1 cm³/mol. The minimum Gasteiger partial charge on any atom is -0.478 e. The van der Waals surface area contributed by atoms with Crippen molar-refractivity contribution in [1.29, 1.82) is 0 Å². The number of rotatable bonds is 2. The van der Waals surface area contributed by atoms with Crippen LogP contribution in [0.5, 0.6) is 0 Å². The number of carboxylic acids is 1. The van der Waals surface area contributed by atoms with E-state index in [0.29, 0.717) is 10.6 Å². The van der Waals surface area contributed by atoms with Gasteiger partial charge in [-0.3, -0.25) is 4.98 Å². The third-order valence-electron chi connectivity index (χ3n) is 3.14. The molecule has 98 valence electrons. The zero-order valence-corrected chi connectivity index (χ0v) is 11.1. The first kappa shape index (κ1) is 12.6. The highest BCUT2D eigenvalue weighted by Crippen LogP contribution is 2.33. The van der Waals surface area contributed by atoms with Crippen LogP contribution in [-0.2, 0) is 0 Å². The number of para-hydroxylation sites is 1. The zero-order valence-electron chi connectivity index (χ0n) is 10.4. The van der Waals surface area contributed by atoms with E-state index in [1.807, 2.05) is 30.3 Å². The van der Waals surface area contributed by atoms with Gasteiger partial charge in [-0.05, 0) is 24.3 Å². The second-order valence-electron chi connectivity index (χ2n) is 4.38. The van der Waals surface area contributed by atoms with E-state index in [0.717, 1.165) is 16.5 Å². The highest BCUT2D eigenvalue weighted by atomic mass is 35.5. The largest absolute Gasteiger partial charge is 0.478 e. The van der Waals surface area contributed by atoms with Crippen LogP contribution in [0, 0.1) is 0 Å². The van der Waals surface area contributed by atoms with Crippen molar-refractivity contribution >= 4 is 28.5 Å². The van der Waals surface area contributed by atoms with E-state index in [1.54, 1.807) is 18.3 Å². The molecule has 0 saturated heterocycles. The third kappa shape index (κ3) is 2.12. The van der Waals surface area contributed by atoms with Crippen molar-refractivity contribution in [2.75, 3.05) is 0 Å². The van der Waals surface area contributed by atoms with E-state index < -0.39 is 5.97 Å². The van der Waals surface area contributed by atoms with Crippen LogP contribution < -0.4 is 0 Å². The van der Waals surface area contributed by atoms with E-state index in [9.17, 15) is 4.79 Å². The van der Waals surface area contributed by atoms with Crippen LogP contribution in [0.25, 0.3) is 22.0 Å². The quantitative estimate of drug-likeness (QED) is 0.765. The molecule has 0 aliphatic heterocycles. The summed E-state index contributed by atoms with van der Waals surface area (Å²) in [7, 11) is 0. The van der Waals surface area contributed by atoms with E-state index in [4.69, 9.17) is 16.7 Å². The molecule has 0 unspecified atom stereocenters. The smallest absolute Gasteiger partial charge is 0.335 e. The lowest BCUT2D eigenvalue weighted by Gasteiger charge is -2.08. The Bertz CT molecular complexity index is 809. The van der Waals surface area contributed by atoms with Gasteiger partial charge in [0.2, 0.25) is 0 Å². The summed E-state index contributed by atoms with van der Waals surface area (Å²) in [4.78, 5) is 15.5. The minimum absolute atomic E-state index is 0.206. The SMILES string of the molecule is O=C(O)c1ccc(Cl)c(-c2cccc3cccnc23)c1. The molecule has 4 heteroatoms. The summed E-state index contributed by atoms with van der Waals surface area (Å²) < 4.78 is 0. The van der Waals surface area contributed by atoms with Crippen molar-refractivity contribution < 1.29 is 9.90 Å². The van der Waals surface area contributed by atoms with Crippen LogP contribution in [0.15, 0.2) is 54.7 Å². The van der Waals surface area contributed by atoms with Gasteiger partial charge in [0.25, 0.3) is 0 Å². The summed E-state index contributed by atoms with van der Waals surface area (Å²) in [6.45, 7) is 0. The molecule has 20 heavy (non-hydrogen) atoms. The van der Waals surface area contributed by atoms with Gasteiger partial charge in [0, 0.05) is 27.7 Å². The normalized spacial score (nSPS) is 10.7. The van der Waals surface area contributed by atoms with Crippen molar-refractivity contribution in [2.45, 2.75) is 0 Å². The number of pyridine rings is 1. The van der Waals surface area contributed by atoms with Gasteiger partial charge in [-0.2, -0.15) is 0 Å². The summed E-state index contributed by atoms with van der Waals surface area (Å²) in [6.07, 6.45) is 1.71. The minimum atomic E-state index is -0.976. The number of fused-ring (bicyclic) bond motifs is 1. The van der Waals surface area contributed by atoms with Gasteiger partial charge in [-0.1, -0.05) is 35.9 Å². The topological polar surface area (TPSA) is 50.2 Å². The average Bonchev–Trinajstić information content (AvgIpc) is 2.47. The molecule has 0 fully saturated rings. The Kier molecular flexibility index (Phi) is 3.12. The molecule has 1 N–H and O–H groups in total. The number of carbonyl (C=O) groups is 1. The maximum atomic E-state index is 11.1. The van der Waals surface area contributed by atoms with Gasteiger partial charge in [0.05, 0.1) is 11.1 Å². The van der Waals surface area contributed by atoms with E-state index in [2.05, 4.69) is 4.98 Å². The number of hydrogen-bond donors (Lipinski definition) is 1. The average molecular weight is 284 g/mol. The lowest BCUT2D eigenvalue weighted by molar-refractivity contribution is 0.0697. The maximum Gasteiger partial charge on any atom is 0.335 e. The first-order valence-corrected chi connectivity index (χ1v) is 6.41. The van der Waals surface area contributed by atoms with E-state index in [-0.39, 0.29) is 5.56 Å². The molecule has 3 nitrogen and oxygen atoms in total. The molecule has 0 spiro atoms. The molecule has 3 aromatic rings. The molecule has 1 heterocycles. The number of aromatic nitrogens is 1. The van der Waals surface area contributed by atoms with Crippen molar-refractivity contribution in [3.05, 3.63) is 65.3 Å². The Morgan fingerprint density at radius 2 is 1.85 bits per heavy atom. The number of nitrogens with zero attached hydrogens (tertiary/aromatic N) is 1. The molecular weight excluding hydrogens is 274 g/mol. The number of halogens is 1. The monoisotopic (exact) mass is 283 g/mol. The zero-order chi connectivity index (χ0) is 14.1. The van der Waals surface area contributed by atoms with Gasteiger partial charge >= 0.3 is 5.97 Å². The second kappa shape index (κ2) is 4.94. The standard InChI is InChI=1S/C16H10ClNO2/c17-14-7-6-11(16(19)20)9-13(14)12-5-1-3-10-4-2-8-18-15(10)12/h1-9H,(H,19,20). The fraction of sp³-hybridized carbons (Fsp3) is 0. The summed E-state index contributed by atoms with van der Waals surface area (Å²) in [5, 5.41) is 10.6. The summed E-state index contributed by atoms with van der Waals surface area (Å²) in [6, 6.07) is 14.2. The first-order chi connectivity index (χ1) is 9.66. The number of hydrogen-bond acceptors (Lipinski definition) is 2. The predicted octanol–water partition coefficient (Wildman–Crippen LogP) is 4.25. The van der Waals surface area contributed by atoms with Crippen molar-refractivity contribution in [2.24, 2.45) is 0 Å². The highest BCUT2D eigenvalue weighted by molar-refractivity contribution is 6.33. The Morgan fingerprint density at radius 1 is 1.05 bits per heavy atom. The van der Waals surface area contributed by atoms with Gasteiger partial charge in [0.1, 0.15) is 0 Å². The molecule has 0 atom stereocenters. The van der Waals surface area contributed by atoms with Crippen LogP contribution in [0.4, 0.5) is 0 Å². The van der Waals surface area contributed by atoms with E-state index in [1.165, 1.54) is 6.07 Å². The number of carboxylic acid groups (broad SMARTS) is 1. The van der Waals surface area contributed by atoms with Crippen LogP contribution in [0.2, 0.25) is 5.02 Å². The second-order valence-corrected chi connectivity index (χ2v) is 4.79. The van der Waals surface area contributed by atoms with Crippen LogP contribution in [0.3, 0.4) is 0 Å². The molecule has 0 aliphatic carbocycles. The molecule has 1 aromatic heterocycles. The fourth-order valence-electron chi connectivity index (χ4n) is 2.19. The Balaban J connectivity index is 2.30. The maximum absolute atomic E-state index is 11.1. The molecule has 0 aliphatic rings. The first-order valence-electron chi connectivity index (χ1n) is 6.04. The Labute approximate surface area is 120 Å². The van der Waals surface area contributed by atoms with Crippen molar-refractivity contribution in [1.82, 2.24) is 4.98 Å². The molecule has 0 amide bonds. The molecule has 0 bridgehead atoms. The lowest BCUT2D eigenvalue weighted by atomic mass is 10.00. The lowest BCUT2D eigenvalue weighted by Crippen LogP contribution is -1.96. The van der Waals surface area contributed by atoms with Crippen LogP contribution in [-0.4, -0.2) is 16.1 Å². The Hall–Kier alpha value is -2.39. The van der Waals surface area contributed by atoms with Crippen molar-refractivity contribution in [3.8, 4) is 11.1 Å². The van der Waals surface area contributed by atoms with Gasteiger partial charge in [-0.15, -0.1) is 0 Å². The third-order valence-corrected chi connectivity index (χ3v) is 3.47. The summed E-state index contributed by atoms with van der Waals surface area (Å²) in [5.74, 6) is -0.976. The fourth-order valence-corrected chi connectivity index (χ4v) is 2.41. The van der Waals surface area contributed by atoms with Crippen LogP contribution in [0.1, 0.15) is 10.4 Å². The van der Waals surface area contributed by atoms with Gasteiger partial charge in [-0.25, -0.2) is 4.79 Å². The van der Waals surface area contributed by atoms with Crippen molar-refractivity contribution in [3.63, 3.8) is 0 Å². The highest BCUT2D eigenvalue weighted by Gasteiger charge is 2.11. The molecule has 2 aromatic carbocycles. The van der Waals surface area contributed by atoms with E-state index >= 15 is 0 Å². The molecule has 0 saturated carbocycles. The van der Waals surface area contributed by atoms with Gasteiger partial charge < -0.3 is 5.11 Å². The number of aromatic carboxylic acids is 1. The molecule has 0 radical (unpaired) electrons. The van der Waals surface area contributed by atoms with Gasteiger partial charge in [0.15, 0.2) is 0 Å².